The van der Waals surface area contributed by atoms with Gasteiger partial charge in [-0.05, 0) is 45.6 Å². The van der Waals surface area contributed by atoms with Gasteiger partial charge >= 0.3 is 0 Å². The Labute approximate surface area is 73.9 Å². The van der Waals surface area contributed by atoms with E-state index >= 15 is 0 Å². The minimum absolute atomic E-state index is 0.708. The highest BCUT2D eigenvalue weighted by Crippen LogP contribution is 2.22. The predicted molar refractivity (Wildman–Crippen MR) is 53.1 cm³/mol. The number of rotatable bonds is 1. The molecule has 0 bridgehead atoms. The Morgan fingerprint density at radius 3 is 2.50 bits per heavy atom. The second-order valence-corrected chi connectivity index (χ2v) is 3.52. The Kier molecular flexibility index (Phi) is 2.79. The second-order valence-electron chi connectivity index (χ2n) is 3.52. The molecule has 0 aromatic carbocycles. The molecule has 0 spiro atoms. The third kappa shape index (κ3) is 2.03. The Morgan fingerprint density at radius 2 is 2.00 bits per heavy atom. The highest BCUT2D eigenvalue weighted by atomic mass is 14.8. The van der Waals surface area contributed by atoms with Gasteiger partial charge in [-0.25, -0.2) is 0 Å². The van der Waals surface area contributed by atoms with Crippen LogP contribution in [0.2, 0.25) is 0 Å². The quantitative estimate of drug-likeness (QED) is 0.578. The zero-order valence-electron chi connectivity index (χ0n) is 8.07. The SMILES string of the molecule is CC(C)=NC1=C(C)CCCC1=N. The van der Waals surface area contributed by atoms with E-state index in [4.69, 9.17) is 5.41 Å². The van der Waals surface area contributed by atoms with Crippen molar-refractivity contribution in [1.29, 1.82) is 5.41 Å². The van der Waals surface area contributed by atoms with Crippen molar-refractivity contribution in [2.45, 2.75) is 40.0 Å². The van der Waals surface area contributed by atoms with Gasteiger partial charge in [0.2, 0.25) is 0 Å². The van der Waals surface area contributed by atoms with Gasteiger partial charge in [-0.15, -0.1) is 0 Å². The zero-order valence-corrected chi connectivity index (χ0v) is 8.07. The summed E-state index contributed by atoms with van der Waals surface area (Å²) in [4.78, 5) is 4.37. The average molecular weight is 164 g/mol. The van der Waals surface area contributed by atoms with Crippen molar-refractivity contribution >= 4 is 11.4 Å². The summed E-state index contributed by atoms with van der Waals surface area (Å²) in [6.07, 6.45) is 3.12. The van der Waals surface area contributed by atoms with Crippen LogP contribution in [-0.4, -0.2) is 11.4 Å². The van der Waals surface area contributed by atoms with Crippen molar-refractivity contribution in [3.05, 3.63) is 11.3 Å². The van der Waals surface area contributed by atoms with Crippen LogP contribution < -0.4 is 0 Å². The molecule has 2 heteroatoms. The topological polar surface area (TPSA) is 36.2 Å². The largest absolute Gasteiger partial charge is 0.303 e. The maximum absolute atomic E-state index is 7.70. The molecule has 12 heavy (non-hydrogen) atoms. The van der Waals surface area contributed by atoms with Crippen LogP contribution in [0.25, 0.3) is 0 Å². The molecule has 2 nitrogen and oxygen atoms in total. The maximum atomic E-state index is 7.70. The van der Waals surface area contributed by atoms with E-state index in [9.17, 15) is 0 Å². The fourth-order valence-corrected chi connectivity index (χ4v) is 1.41. The smallest absolute Gasteiger partial charge is 0.0825 e. The third-order valence-corrected chi connectivity index (χ3v) is 2.00. The summed E-state index contributed by atoms with van der Waals surface area (Å²) < 4.78 is 0. The van der Waals surface area contributed by atoms with Gasteiger partial charge < -0.3 is 5.41 Å². The van der Waals surface area contributed by atoms with E-state index in [2.05, 4.69) is 11.9 Å². The van der Waals surface area contributed by atoms with Gasteiger partial charge in [0.15, 0.2) is 0 Å². The molecule has 1 rings (SSSR count). The molecular formula is C10H16N2. The van der Waals surface area contributed by atoms with Crippen LogP contribution in [0.1, 0.15) is 40.0 Å². The Hall–Kier alpha value is -0.920. The summed E-state index contributed by atoms with van der Waals surface area (Å²) >= 11 is 0. The highest BCUT2D eigenvalue weighted by Gasteiger charge is 2.13. The normalized spacial score (nSPS) is 18.1. The third-order valence-electron chi connectivity index (χ3n) is 2.00. The van der Waals surface area contributed by atoms with Crippen molar-refractivity contribution in [2.75, 3.05) is 0 Å². The average Bonchev–Trinajstić information content (AvgIpc) is 1.97. The maximum Gasteiger partial charge on any atom is 0.0825 e. The van der Waals surface area contributed by atoms with E-state index in [1.54, 1.807) is 0 Å². The van der Waals surface area contributed by atoms with Gasteiger partial charge in [0.05, 0.1) is 11.4 Å². The molecule has 0 fully saturated rings. The molecule has 0 aromatic heterocycles. The lowest BCUT2D eigenvalue weighted by molar-refractivity contribution is 0.814. The lowest BCUT2D eigenvalue weighted by Gasteiger charge is -2.15. The Morgan fingerprint density at radius 1 is 1.33 bits per heavy atom. The van der Waals surface area contributed by atoms with E-state index in [1.807, 2.05) is 13.8 Å². The fraction of sp³-hybridized carbons (Fsp3) is 0.600. The molecule has 0 amide bonds. The van der Waals surface area contributed by atoms with Crippen LogP contribution >= 0.6 is 0 Å². The molecule has 0 unspecified atom stereocenters. The van der Waals surface area contributed by atoms with Crippen molar-refractivity contribution in [3.63, 3.8) is 0 Å². The van der Waals surface area contributed by atoms with Gasteiger partial charge in [0, 0.05) is 5.71 Å². The number of nitrogens with one attached hydrogen (secondary N) is 1. The number of hydrogen-bond donors (Lipinski definition) is 1. The summed E-state index contributed by atoms with van der Waals surface area (Å²) in [6.45, 7) is 6.03. The van der Waals surface area contributed by atoms with Crippen molar-refractivity contribution < 1.29 is 0 Å². The first kappa shape index (κ1) is 9.17. The van der Waals surface area contributed by atoms with Crippen molar-refractivity contribution in [1.82, 2.24) is 0 Å². The lowest BCUT2D eigenvalue weighted by Crippen LogP contribution is -2.08. The van der Waals surface area contributed by atoms with Crippen LogP contribution in [0.3, 0.4) is 0 Å². The molecule has 0 heterocycles. The molecule has 1 N–H and O–H groups in total. The molecule has 1 aliphatic carbocycles. The first-order chi connectivity index (χ1) is 5.61. The molecule has 0 aliphatic heterocycles. The van der Waals surface area contributed by atoms with Crippen molar-refractivity contribution in [3.8, 4) is 0 Å². The summed E-state index contributed by atoms with van der Waals surface area (Å²) in [6, 6.07) is 0. The van der Waals surface area contributed by atoms with Gasteiger partial charge in [0.25, 0.3) is 0 Å². The highest BCUT2D eigenvalue weighted by molar-refractivity contribution is 6.01. The van der Waals surface area contributed by atoms with Gasteiger partial charge in [-0.3, -0.25) is 4.99 Å². The van der Waals surface area contributed by atoms with E-state index in [-0.39, 0.29) is 0 Å². The molecule has 0 atom stereocenters. The minimum Gasteiger partial charge on any atom is -0.303 e. The summed E-state index contributed by atoms with van der Waals surface area (Å²) in [5, 5.41) is 7.70. The Bertz CT molecular complexity index is 255. The van der Waals surface area contributed by atoms with Gasteiger partial charge in [0.1, 0.15) is 0 Å². The van der Waals surface area contributed by atoms with Crippen LogP contribution in [0.4, 0.5) is 0 Å². The zero-order chi connectivity index (χ0) is 9.14. The molecule has 0 aromatic rings. The van der Waals surface area contributed by atoms with E-state index in [0.717, 1.165) is 30.7 Å². The predicted octanol–water partition coefficient (Wildman–Crippen LogP) is 2.94. The first-order valence-corrected chi connectivity index (χ1v) is 4.40. The van der Waals surface area contributed by atoms with Crippen LogP contribution in [0.5, 0.6) is 0 Å². The van der Waals surface area contributed by atoms with Crippen LogP contribution in [0, 0.1) is 5.41 Å². The number of allylic oxidation sites excluding steroid dienone is 2. The molecular weight excluding hydrogens is 148 g/mol. The second kappa shape index (κ2) is 3.65. The fourth-order valence-electron chi connectivity index (χ4n) is 1.41. The monoisotopic (exact) mass is 164 g/mol. The van der Waals surface area contributed by atoms with E-state index in [1.165, 1.54) is 5.57 Å². The van der Waals surface area contributed by atoms with Gasteiger partial charge in [-0.2, -0.15) is 0 Å². The van der Waals surface area contributed by atoms with E-state index < -0.39 is 0 Å². The summed E-state index contributed by atoms with van der Waals surface area (Å²) in [5.74, 6) is 0. The van der Waals surface area contributed by atoms with Crippen LogP contribution in [-0.2, 0) is 0 Å². The summed E-state index contributed by atoms with van der Waals surface area (Å²) in [5.41, 5.74) is 3.95. The number of nitrogens with zero attached hydrogens (tertiary/aromatic N) is 1. The molecule has 0 saturated carbocycles. The van der Waals surface area contributed by atoms with Crippen LogP contribution in [0.15, 0.2) is 16.3 Å². The molecule has 66 valence electrons. The first-order valence-electron chi connectivity index (χ1n) is 4.40. The van der Waals surface area contributed by atoms with Gasteiger partial charge in [-0.1, -0.05) is 0 Å². The Balaban J connectivity index is 2.97. The molecule has 1 aliphatic rings. The molecule has 0 saturated heterocycles. The number of aliphatic imine (C=N–C) groups is 1. The molecule has 0 radical (unpaired) electrons. The number of hydrogen-bond acceptors (Lipinski definition) is 2. The standard InChI is InChI=1S/C10H16N2/c1-7(2)12-10-8(3)5-4-6-9(10)11/h11H,4-6H2,1-3H3. The van der Waals surface area contributed by atoms with E-state index in [0.29, 0.717) is 5.71 Å². The summed E-state index contributed by atoms with van der Waals surface area (Å²) in [7, 11) is 0. The minimum atomic E-state index is 0.708. The lowest BCUT2D eigenvalue weighted by atomic mass is 9.96. The van der Waals surface area contributed by atoms with Crippen molar-refractivity contribution in [2.24, 2.45) is 4.99 Å².